The molecule has 0 fully saturated rings. The minimum atomic E-state index is -0.337. The Morgan fingerprint density at radius 3 is 2.69 bits per heavy atom. The van der Waals surface area contributed by atoms with Gasteiger partial charge < -0.3 is 19.5 Å². The first kappa shape index (κ1) is 25.6. The number of ether oxygens (including phenoxy) is 2. The van der Waals surface area contributed by atoms with Gasteiger partial charge in [-0.1, -0.05) is 25.1 Å². The normalized spacial score (nSPS) is 18.7. The molecule has 1 amide bonds. The molecule has 0 unspecified atom stereocenters. The number of likely N-dealkylation sites (N-methyl/N-ethyl adjacent to an activating group) is 1. The van der Waals surface area contributed by atoms with Gasteiger partial charge in [0.15, 0.2) is 0 Å². The van der Waals surface area contributed by atoms with Gasteiger partial charge in [0.25, 0.3) is 5.91 Å². The van der Waals surface area contributed by atoms with Gasteiger partial charge in [0, 0.05) is 55.3 Å². The summed E-state index contributed by atoms with van der Waals surface area (Å²) in [5.41, 5.74) is 3.15. The highest BCUT2D eigenvalue weighted by Gasteiger charge is 2.34. The number of aliphatic hydroxyl groups excluding tert-OH is 1. The van der Waals surface area contributed by atoms with Crippen LogP contribution in [0.2, 0.25) is 0 Å². The van der Waals surface area contributed by atoms with E-state index in [0.29, 0.717) is 30.3 Å². The Kier molecular flexibility index (Phi) is 8.18. The van der Waals surface area contributed by atoms with Gasteiger partial charge in [0.1, 0.15) is 17.4 Å². The largest absolute Gasteiger partial charge is 0.496 e. The van der Waals surface area contributed by atoms with Crippen LogP contribution in [0, 0.1) is 5.92 Å². The van der Waals surface area contributed by atoms with Crippen molar-refractivity contribution in [1.82, 2.24) is 19.8 Å². The molecular weight excluding hydrogens is 456 g/mol. The maximum absolute atomic E-state index is 13.7. The molecule has 0 aliphatic carbocycles. The van der Waals surface area contributed by atoms with Crippen LogP contribution in [0.1, 0.15) is 29.8 Å². The molecule has 8 heteroatoms. The van der Waals surface area contributed by atoms with Crippen molar-refractivity contribution < 1.29 is 19.4 Å². The number of carbonyl (C=O) groups excluding carboxylic acids is 1. The van der Waals surface area contributed by atoms with Crippen molar-refractivity contribution in [2.45, 2.75) is 32.5 Å². The number of carbonyl (C=O) groups is 1. The number of benzene rings is 1. The fourth-order valence-corrected chi connectivity index (χ4v) is 4.52. The first-order valence-corrected chi connectivity index (χ1v) is 12.2. The molecule has 4 rings (SSSR count). The van der Waals surface area contributed by atoms with Crippen molar-refractivity contribution in [3.63, 3.8) is 0 Å². The number of nitrogens with zero attached hydrogens (tertiary/aromatic N) is 4. The molecule has 8 nitrogen and oxygen atoms in total. The Balaban J connectivity index is 1.68. The van der Waals surface area contributed by atoms with Crippen molar-refractivity contribution in [1.29, 1.82) is 0 Å². The van der Waals surface area contributed by atoms with E-state index in [1.165, 1.54) is 0 Å². The van der Waals surface area contributed by atoms with Gasteiger partial charge in [-0.15, -0.1) is 0 Å². The standard InChI is InChI=1S/C28H34N4O4/c1-19-15-32(20(2)18-33)28(34)24-13-22(23-7-5-6-8-25(23)35-4)14-30-27(24)36-26(19)17-31(3)16-21-9-11-29-12-10-21/h5-14,19-20,26,33H,15-18H2,1-4H3/t19-,20+,26+/m1/s1. The van der Waals surface area contributed by atoms with E-state index in [0.717, 1.165) is 23.2 Å². The van der Waals surface area contributed by atoms with Gasteiger partial charge >= 0.3 is 0 Å². The topological polar surface area (TPSA) is 88.0 Å². The molecule has 0 spiro atoms. The number of aromatic nitrogens is 2. The second-order valence-electron chi connectivity index (χ2n) is 9.45. The molecular formula is C28H34N4O4. The van der Waals surface area contributed by atoms with E-state index in [9.17, 15) is 9.90 Å². The number of hydrogen-bond acceptors (Lipinski definition) is 7. The van der Waals surface area contributed by atoms with Crippen LogP contribution in [0.3, 0.4) is 0 Å². The highest BCUT2D eigenvalue weighted by atomic mass is 16.5. The third-order valence-corrected chi connectivity index (χ3v) is 6.63. The predicted molar refractivity (Wildman–Crippen MR) is 138 cm³/mol. The second kappa shape index (κ2) is 11.5. The van der Waals surface area contributed by atoms with Gasteiger partial charge in [0.2, 0.25) is 5.88 Å². The van der Waals surface area contributed by atoms with Crippen LogP contribution < -0.4 is 9.47 Å². The zero-order chi connectivity index (χ0) is 25.7. The van der Waals surface area contributed by atoms with Crippen LogP contribution in [0.15, 0.2) is 61.1 Å². The SMILES string of the molecule is COc1ccccc1-c1cnc2c(c1)C(=O)N([C@@H](C)CO)C[C@@H](C)[C@H](CN(C)Cc1ccncc1)O2. The summed E-state index contributed by atoms with van der Waals surface area (Å²) in [6.45, 7) is 5.66. The monoisotopic (exact) mass is 490 g/mol. The Labute approximate surface area is 212 Å². The van der Waals surface area contributed by atoms with E-state index in [1.54, 1.807) is 30.6 Å². The van der Waals surface area contributed by atoms with Crippen molar-refractivity contribution >= 4 is 5.91 Å². The summed E-state index contributed by atoms with van der Waals surface area (Å²) in [6.07, 6.45) is 5.09. The maximum atomic E-state index is 13.7. The summed E-state index contributed by atoms with van der Waals surface area (Å²) in [7, 11) is 3.67. The second-order valence-corrected chi connectivity index (χ2v) is 9.45. The molecule has 3 atom stereocenters. The summed E-state index contributed by atoms with van der Waals surface area (Å²) < 4.78 is 11.9. The van der Waals surface area contributed by atoms with Gasteiger partial charge in [-0.3, -0.25) is 14.7 Å². The van der Waals surface area contributed by atoms with Crippen LogP contribution in [0.25, 0.3) is 11.1 Å². The van der Waals surface area contributed by atoms with Gasteiger partial charge in [0.05, 0.1) is 19.8 Å². The lowest BCUT2D eigenvalue weighted by Gasteiger charge is -2.37. The third-order valence-electron chi connectivity index (χ3n) is 6.63. The molecule has 0 saturated carbocycles. The number of hydrogen-bond donors (Lipinski definition) is 1. The molecule has 36 heavy (non-hydrogen) atoms. The van der Waals surface area contributed by atoms with E-state index < -0.39 is 0 Å². The van der Waals surface area contributed by atoms with Crippen molar-refractivity contribution in [3.05, 3.63) is 72.2 Å². The van der Waals surface area contributed by atoms with Crippen LogP contribution in [0.4, 0.5) is 0 Å². The number of amides is 1. The van der Waals surface area contributed by atoms with Crippen LogP contribution >= 0.6 is 0 Å². The highest BCUT2D eigenvalue weighted by Crippen LogP contribution is 2.34. The molecule has 1 aliphatic heterocycles. The van der Waals surface area contributed by atoms with E-state index in [4.69, 9.17) is 9.47 Å². The van der Waals surface area contributed by atoms with Crippen LogP contribution in [-0.4, -0.2) is 76.8 Å². The lowest BCUT2D eigenvalue weighted by molar-refractivity contribution is 0.0325. The Hall–Kier alpha value is -3.49. The molecule has 3 aromatic rings. The number of para-hydroxylation sites is 1. The maximum Gasteiger partial charge on any atom is 0.259 e. The smallest absolute Gasteiger partial charge is 0.259 e. The van der Waals surface area contributed by atoms with E-state index in [1.807, 2.05) is 56.4 Å². The molecule has 3 heterocycles. The lowest BCUT2D eigenvalue weighted by Crippen LogP contribution is -2.49. The summed E-state index contributed by atoms with van der Waals surface area (Å²) >= 11 is 0. The number of fused-ring (bicyclic) bond motifs is 1. The van der Waals surface area contributed by atoms with Gasteiger partial charge in [-0.25, -0.2) is 4.98 Å². The predicted octanol–water partition coefficient (Wildman–Crippen LogP) is 3.50. The minimum absolute atomic E-state index is 0.0201. The summed E-state index contributed by atoms with van der Waals surface area (Å²) in [4.78, 5) is 26.3. The third kappa shape index (κ3) is 5.66. The molecule has 1 aliphatic rings. The summed E-state index contributed by atoms with van der Waals surface area (Å²) in [5.74, 6) is 0.823. The zero-order valence-corrected chi connectivity index (χ0v) is 21.3. The minimum Gasteiger partial charge on any atom is -0.496 e. The van der Waals surface area contributed by atoms with Crippen molar-refractivity contribution in [2.75, 3.05) is 33.9 Å². The van der Waals surface area contributed by atoms with E-state index in [-0.39, 0.29) is 30.6 Å². The first-order chi connectivity index (χ1) is 17.4. The van der Waals surface area contributed by atoms with Crippen molar-refractivity contribution in [3.8, 4) is 22.8 Å². The van der Waals surface area contributed by atoms with Crippen molar-refractivity contribution in [2.24, 2.45) is 5.92 Å². The Bertz CT molecular complexity index is 1170. The quantitative estimate of drug-likeness (QED) is 0.517. The summed E-state index contributed by atoms with van der Waals surface area (Å²) in [6, 6.07) is 13.1. The van der Waals surface area contributed by atoms with E-state index in [2.05, 4.69) is 21.8 Å². The summed E-state index contributed by atoms with van der Waals surface area (Å²) in [5, 5.41) is 9.91. The molecule has 1 N–H and O–H groups in total. The highest BCUT2D eigenvalue weighted by molar-refractivity contribution is 5.98. The number of aliphatic hydroxyl groups is 1. The fraction of sp³-hybridized carbons (Fsp3) is 0.393. The van der Waals surface area contributed by atoms with Crippen LogP contribution in [0.5, 0.6) is 11.6 Å². The number of pyridine rings is 2. The van der Waals surface area contributed by atoms with E-state index >= 15 is 0 Å². The zero-order valence-electron chi connectivity index (χ0n) is 21.3. The average Bonchev–Trinajstić information content (AvgIpc) is 2.90. The fourth-order valence-electron chi connectivity index (χ4n) is 4.52. The number of methoxy groups -OCH3 is 1. The molecule has 0 saturated heterocycles. The van der Waals surface area contributed by atoms with Gasteiger partial charge in [-0.05, 0) is 43.8 Å². The first-order valence-electron chi connectivity index (χ1n) is 12.2. The average molecular weight is 491 g/mol. The Morgan fingerprint density at radius 1 is 1.22 bits per heavy atom. The van der Waals surface area contributed by atoms with Gasteiger partial charge in [-0.2, -0.15) is 0 Å². The number of rotatable bonds is 8. The molecule has 2 aromatic heterocycles. The molecule has 1 aromatic carbocycles. The lowest BCUT2D eigenvalue weighted by atomic mass is 9.99. The molecule has 0 bridgehead atoms. The molecule has 0 radical (unpaired) electrons. The van der Waals surface area contributed by atoms with Crippen LogP contribution in [-0.2, 0) is 6.54 Å². The molecule has 190 valence electrons. The Morgan fingerprint density at radius 2 is 1.97 bits per heavy atom.